The van der Waals surface area contributed by atoms with Crippen LogP contribution in [-0.2, 0) is 19.1 Å². The zero-order chi connectivity index (χ0) is 19.7. The molecule has 7 nitrogen and oxygen atoms in total. The highest BCUT2D eigenvalue weighted by Gasteiger charge is 2.54. The number of nitrogens with one attached hydrogen (secondary N) is 1. The lowest BCUT2D eigenvalue weighted by molar-refractivity contribution is -0.156. The molecule has 1 heterocycles. The molecule has 1 N–H and O–H groups in total. The summed E-state index contributed by atoms with van der Waals surface area (Å²) in [6.07, 6.45) is 6.76. The van der Waals surface area contributed by atoms with E-state index in [2.05, 4.69) is 10.5 Å². The Morgan fingerprint density at radius 1 is 1.18 bits per heavy atom. The zero-order valence-corrected chi connectivity index (χ0v) is 16.9. The van der Waals surface area contributed by atoms with Crippen molar-refractivity contribution in [3.8, 4) is 0 Å². The smallest absolute Gasteiger partial charge is 0.316 e. The summed E-state index contributed by atoms with van der Waals surface area (Å²) in [5, 5.41) is 6.27. The summed E-state index contributed by atoms with van der Waals surface area (Å²) in [5.74, 6) is 2.55. The minimum Gasteiger partial charge on any atom is -0.457 e. The van der Waals surface area contributed by atoms with E-state index >= 15 is 0 Å². The number of esters is 1. The van der Waals surface area contributed by atoms with Crippen molar-refractivity contribution in [2.75, 3.05) is 23.4 Å². The second-order valence-corrected chi connectivity index (χ2v) is 9.63. The maximum Gasteiger partial charge on any atom is 0.316 e. The van der Waals surface area contributed by atoms with Crippen LogP contribution in [0.25, 0.3) is 0 Å². The monoisotopic (exact) mass is 406 g/mol. The topological polar surface area (TPSA) is 98.5 Å². The summed E-state index contributed by atoms with van der Waals surface area (Å²) in [5.41, 5.74) is -0.238. The van der Waals surface area contributed by atoms with Gasteiger partial charge < -0.3 is 14.6 Å². The minimum absolute atomic E-state index is 0.0411. The van der Waals surface area contributed by atoms with Crippen LogP contribution in [-0.4, -0.2) is 40.9 Å². The quantitative estimate of drug-likeness (QED) is 0.663. The van der Waals surface area contributed by atoms with E-state index in [-0.39, 0.29) is 35.2 Å². The average Bonchev–Trinajstić information content (AvgIpc) is 3.03. The van der Waals surface area contributed by atoms with Gasteiger partial charge in [-0.15, -0.1) is 11.8 Å². The van der Waals surface area contributed by atoms with Crippen molar-refractivity contribution in [2.24, 2.45) is 23.2 Å². The molecule has 0 spiro atoms. The summed E-state index contributed by atoms with van der Waals surface area (Å²) in [6, 6.07) is 1.62. The normalized spacial score (nSPS) is 30.2. The summed E-state index contributed by atoms with van der Waals surface area (Å²) in [4.78, 5) is 36.6. The Bertz CT molecular complexity index is 739. The molecule has 0 atom stereocenters. The van der Waals surface area contributed by atoms with E-state index in [0.29, 0.717) is 29.3 Å². The molecule has 0 aliphatic heterocycles. The van der Waals surface area contributed by atoms with Crippen molar-refractivity contribution in [3.05, 3.63) is 11.8 Å². The lowest BCUT2D eigenvalue weighted by atomic mass is 9.48. The molecule has 0 radical (unpaired) electrons. The Morgan fingerprint density at radius 2 is 1.82 bits per heavy atom. The molecule has 4 aliphatic rings. The highest BCUT2D eigenvalue weighted by atomic mass is 32.2. The van der Waals surface area contributed by atoms with Crippen LogP contribution < -0.4 is 5.32 Å². The first-order chi connectivity index (χ1) is 13.4. The van der Waals surface area contributed by atoms with E-state index < -0.39 is 5.97 Å². The molecular formula is C20H26N2O5S. The van der Waals surface area contributed by atoms with Crippen LogP contribution in [0.2, 0.25) is 0 Å². The van der Waals surface area contributed by atoms with Gasteiger partial charge in [0, 0.05) is 11.5 Å². The van der Waals surface area contributed by atoms with Crippen LogP contribution in [0.4, 0.5) is 5.82 Å². The van der Waals surface area contributed by atoms with Gasteiger partial charge in [-0.3, -0.25) is 14.4 Å². The number of anilines is 1. The van der Waals surface area contributed by atoms with Gasteiger partial charge in [0.25, 0.3) is 0 Å². The maximum absolute atomic E-state index is 12.8. The fourth-order valence-electron chi connectivity index (χ4n) is 5.62. The summed E-state index contributed by atoms with van der Waals surface area (Å²) < 4.78 is 10.1. The number of ether oxygens (including phenoxy) is 1. The van der Waals surface area contributed by atoms with E-state index in [4.69, 9.17) is 9.26 Å². The fourth-order valence-corrected chi connectivity index (χ4v) is 6.23. The molecule has 1 amide bonds. The van der Waals surface area contributed by atoms with Crippen LogP contribution in [0.3, 0.4) is 0 Å². The number of carbonyl (C=O) groups excluding carboxylic acids is 3. The van der Waals surface area contributed by atoms with Gasteiger partial charge in [0.15, 0.2) is 18.2 Å². The Balaban J connectivity index is 1.17. The fraction of sp³-hybridized carbons (Fsp3) is 0.700. The summed E-state index contributed by atoms with van der Waals surface area (Å²) >= 11 is 1.15. The second kappa shape index (κ2) is 7.89. The first kappa shape index (κ1) is 19.5. The van der Waals surface area contributed by atoms with E-state index in [0.717, 1.165) is 31.0 Å². The van der Waals surface area contributed by atoms with Crippen LogP contribution in [0.5, 0.6) is 0 Å². The number of Topliss-reactive ketones (excluding diaryl/α,β-unsaturated/α-hetero) is 1. The molecule has 8 heteroatoms. The number of hydrogen-bond donors (Lipinski definition) is 1. The SMILES string of the molecule is Cc1cc(NC(=O)CSCC(=O)OCC(=O)C23CC4CC(CC(C4)C2)C3)no1. The van der Waals surface area contributed by atoms with Crippen LogP contribution in [0.1, 0.15) is 44.3 Å². The third kappa shape index (κ3) is 4.26. The highest BCUT2D eigenvalue weighted by Crippen LogP contribution is 2.60. The lowest BCUT2D eigenvalue weighted by Crippen LogP contribution is -2.51. The second-order valence-electron chi connectivity index (χ2n) is 8.65. The lowest BCUT2D eigenvalue weighted by Gasteiger charge is -2.55. The molecule has 1 aromatic rings. The Labute approximate surface area is 168 Å². The first-order valence-corrected chi connectivity index (χ1v) is 11.1. The molecular weight excluding hydrogens is 380 g/mol. The summed E-state index contributed by atoms with van der Waals surface area (Å²) in [7, 11) is 0. The van der Waals surface area contributed by atoms with Crippen LogP contribution in [0.15, 0.2) is 10.6 Å². The Hall–Kier alpha value is -1.83. The number of ketones is 1. The van der Waals surface area contributed by atoms with Gasteiger partial charge in [-0.05, 0) is 63.2 Å². The number of amides is 1. The largest absolute Gasteiger partial charge is 0.457 e. The van der Waals surface area contributed by atoms with Crippen molar-refractivity contribution >= 4 is 35.2 Å². The van der Waals surface area contributed by atoms with Crippen molar-refractivity contribution < 1.29 is 23.6 Å². The predicted octanol–water partition coefficient (Wildman–Crippen LogP) is 2.98. The van der Waals surface area contributed by atoms with Gasteiger partial charge in [-0.25, -0.2) is 0 Å². The molecule has 5 rings (SSSR count). The number of thioether (sulfide) groups is 1. The van der Waals surface area contributed by atoms with Gasteiger partial charge in [-0.2, -0.15) is 0 Å². The molecule has 4 bridgehead atoms. The Kier molecular flexibility index (Phi) is 5.49. The van der Waals surface area contributed by atoms with E-state index in [1.165, 1.54) is 19.3 Å². The molecule has 28 heavy (non-hydrogen) atoms. The first-order valence-electron chi connectivity index (χ1n) is 9.92. The molecule has 0 unspecified atom stereocenters. The maximum atomic E-state index is 12.8. The Morgan fingerprint density at radius 3 is 2.39 bits per heavy atom. The molecule has 4 aliphatic carbocycles. The molecule has 152 valence electrons. The number of carbonyl (C=O) groups is 3. The molecule has 0 aromatic carbocycles. The van der Waals surface area contributed by atoms with E-state index in [1.54, 1.807) is 13.0 Å². The van der Waals surface area contributed by atoms with Gasteiger partial charge in [0.1, 0.15) is 5.76 Å². The number of aryl methyl sites for hydroxylation is 1. The number of aromatic nitrogens is 1. The van der Waals surface area contributed by atoms with Gasteiger partial charge >= 0.3 is 5.97 Å². The average molecular weight is 407 g/mol. The van der Waals surface area contributed by atoms with Crippen molar-refractivity contribution in [1.29, 1.82) is 0 Å². The number of nitrogens with zero attached hydrogens (tertiary/aromatic N) is 1. The van der Waals surface area contributed by atoms with Crippen molar-refractivity contribution in [2.45, 2.75) is 45.4 Å². The molecule has 4 saturated carbocycles. The van der Waals surface area contributed by atoms with Gasteiger partial charge in [-0.1, -0.05) is 5.16 Å². The van der Waals surface area contributed by atoms with Crippen LogP contribution in [0, 0.1) is 30.1 Å². The minimum atomic E-state index is -0.451. The number of hydrogen-bond acceptors (Lipinski definition) is 7. The van der Waals surface area contributed by atoms with Crippen molar-refractivity contribution in [1.82, 2.24) is 5.16 Å². The van der Waals surface area contributed by atoms with E-state index in [1.807, 2.05) is 0 Å². The van der Waals surface area contributed by atoms with Gasteiger partial charge in [0.2, 0.25) is 5.91 Å². The summed E-state index contributed by atoms with van der Waals surface area (Å²) in [6.45, 7) is 1.61. The standard InChI is InChI=1S/C20H26N2O5S/c1-12-2-17(22-27-12)21-18(24)10-28-11-19(25)26-9-16(23)20-6-13-3-14(7-20)5-15(4-13)8-20/h2,13-15H,3-11H2,1H3,(H,21,22,24). The number of rotatable bonds is 8. The highest BCUT2D eigenvalue weighted by molar-refractivity contribution is 8.00. The molecule has 0 saturated heterocycles. The molecule has 4 fully saturated rings. The van der Waals surface area contributed by atoms with Crippen molar-refractivity contribution in [3.63, 3.8) is 0 Å². The molecule has 1 aromatic heterocycles. The van der Waals surface area contributed by atoms with E-state index in [9.17, 15) is 14.4 Å². The third-order valence-corrected chi connectivity index (χ3v) is 7.25. The zero-order valence-electron chi connectivity index (χ0n) is 16.1. The van der Waals surface area contributed by atoms with Gasteiger partial charge in [0.05, 0.1) is 11.5 Å². The van der Waals surface area contributed by atoms with Crippen LogP contribution >= 0.6 is 11.8 Å². The third-order valence-electron chi connectivity index (χ3n) is 6.34. The predicted molar refractivity (Wildman–Crippen MR) is 104 cm³/mol.